The lowest BCUT2D eigenvalue weighted by molar-refractivity contribution is -0.0598. The number of hydrogen-bond donors (Lipinski definition) is 1. The molecule has 120 valence electrons. The van der Waals surface area contributed by atoms with Crippen LogP contribution < -0.4 is 0 Å². The van der Waals surface area contributed by atoms with Gasteiger partial charge in [-0.05, 0) is 30.0 Å². The van der Waals surface area contributed by atoms with Crippen LogP contribution in [0.1, 0.15) is 34.3 Å². The summed E-state index contributed by atoms with van der Waals surface area (Å²) >= 11 is 0. The van der Waals surface area contributed by atoms with Crippen molar-refractivity contribution in [2.45, 2.75) is 25.1 Å². The summed E-state index contributed by atoms with van der Waals surface area (Å²) in [5.41, 5.74) is 1.79. The minimum absolute atomic E-state index is 0.118. The number of hydrogen-bond acceptors (Lipinski definition) is 2. The Balaban J connectivity index is 1.83. The van der Waals surface area contributed by atoms with Crippen molar-refractivity contribution in [2.24, 2.45) is 0 Å². The van der Waals surface area contributed by atoms with Gasteiger partial charge in [0.1, 0.15) is 0 Å². The number of amides is 1. The Morgan fingerprint density at radius 3 is 2.54 bits per heavy atom. The van der Waals surface area contributed by atoms with Gasteiger partial charge in [-0.3, -0.25) is 9.69 Å². The van der Waals surface area contributed by atoms with Gasteiger partial charge in [0.25, 0.3) is 5.91 Å². The summed E-state index contributed by atoms with van der Waals surface area (Å²) in [6.07, 6.45) is 7.61. The molecule has 1 aliphatic carbocycles. The Morgan fingerprint density at radius 2 is 1.79 bits per heavy atom. The van der Waals surface area contributed by atoms with E-state index in [0.29, 0.717) is 17.7 Å². The van der Waals surface area contributed by atoms with E-state index in [1.165, 1.54) is 0 Å². The first-order valence-corrected chi connectivity index (χ1v) is 8.25. The topological polar surface area (TPSA) is 40.5 Å². The van der Waals surface area contributed by atoms with Crippen LogP contribution in [-0.2, 0) is 12.3 Å². The summed E-state index contributed by atoms with van der Waals surface area (Å²) < 4.78 is 0. The predicted molar refractivity (Wildman–Crippen MR) is 93.1 cm³/mol. The Labute approximate surface area is 141 Å². The molecule has 0 bridgehead atoms. The van der Waals surface area contributed by atoms with Crippen LogP contribution in [0.4, 0.5) is 0 Å². The fraction of sp³-hybridized carbons (Fsp3) is 0.190. The maximum Gasteiger partial charge on any atom is 0.257 e. The molecule has 1 N–H and O–H groups in total. The third-order valence-electron chi connectivity index (χ3n) is 4.81. The van der Waals surface area contributed by atoms with Crippen LogP contribution >= 0.6 is 0 Å². The van der Waals surface area contributed by atoms with Crippen molar-refractivity contribution < 1.29 is 9.90 Å². The average molecular weight is 317 g/mol. The van der Waals surface area contributed by atoms with Crippen LogP contribution in [0, 0.1) is 0 Å². The van der Waals surface area contributed by atoms with E-state index in [-0.39, 0.29) is 5.91 Å². The second-order valence-electron chi connectivity index (χ2n) is 6.25. The maximum absolute atomic E-state index is 13.0. The van der Waals surface area contributed by atoms with E-state index in [2.05, 4.69) is 6.08 Å². The van der Waals surface area contributed by atoms with Crippen molar-refractivity contribution in [1.82, 2.24) is 4.90 Å². The number of nitrogens with zero attached hydrogens (tertiary/aromatic N) is 1. The monoisotopic (exact) mass is 317 g/mol. The minimum atomic E-state index is -1.37. The molecular weight excluding hydrogens is 298 g/mol. The van der Waals surface area contributed by atoms with Crippen molar-refractivity contribution in [3.63, 3.8) is 0 Å². The number of allylic oxidation sites excluding steroid dienone is 3. The van der Waals surface area contributed by atoms with Crippen LogP contribution in [0.25, 0.3) is 0 Å². The molecule has 2 aromatic rings. The molecule has 0 radical (unpaired) electrons. The molecule has 24 heavy (non-hydrogen) atoms. The molecule has 1 amide bonds. The summed E-state index contributed by atoms with van der Waals surface area (Å²) in [5, 5.41) is 11.7. The van der Waals surface area contributed by atoms with Crippen LogP contribution in [-0.4, -0.2) is 15.9 Å². The molecule has 1 aliphatic heterocycles. The van der Waals surface area contributed by atoms with Gasteiger partial charge in [-0.25, -0.2) is 0 Å². The third kappa shape index (κ3) is 2.21. The minimum Gasteiger partial charge on any atom is -0.363 e. The van der Waals surface area contributed by atoms with Gasteiger partial charge >= 0.3 is 0 Å². The zero-order chi connectivity index (χ0) is 16.6. The van der Waals surface area contributed by atoms with E-state index in [1.807, 2.05) is 60.7 Å². The SMILES string of the molecule is O=C1c2ccccc2C(O)(C2=CC=CCC2)N1Cc1ccccc1. The van der Waals surface area contributed by atoms with Crippen LogP contribution in [0.2, 0.25) is 0 Å². The van der Waals surface area contributed by atoms with Gasteiger partial charge in [-0.2, -0.15) is 0 Å². The molecule has 0 fully saturated rings. The van der Waals surface area contributed by atoms with Gasteiger partial charge in [-0.15, -0.1) is 0 Å². The highest BCUT2D eigenvalue weighted by Gasteiger charge is 2.50. The molecule has 1 unspecified atom stereocenters. The second-order valence-corrected chi connectivity index (χ2v) is 6.25. The molecule has 2 aliphatic rings. The molecule has 1 heterocycles. The molecule has 3 heteroatoms. The summed E-state index contributed by atoms with van der Waals surface area (Å²) in [6.45, 7) is 0.381. The quantitative estimate of drug-likeness (QED) is 0.936. The first kappa shape index (κ1) is 14.9. The summed E-state index contributed by atoms with van der Waals surface area (Å²) in [5.74, 6) is -0.118. The van der Waals surface area contributed by atoms with Crippen molar-refractivity contribution in [3.05, 3.63) is 95.1 Å². The Bertz CT molecular complexity index is 838. The third-order valence-corrected chi connectivity index (χ3v) is 4.81. The lowest BCUT2D eigenvalue weighted by Crippen LogP contribution is -2.45. The molecule has 0 saturated carbocycles. The highest BCUT2D eigenvalue weighted by molar-refractivity contribution is 6.00. The van der Waals surface area contributed by atoms with Gasteiger partial charge in [-0.1, -0.05) is 66.8 Å². The number of carbonyl (C=O) groups excluding carboxylic acids is 1. The molecule has 2 aromatic carbocycles. The van der Waals surface area contributed by atoms with Gasteiger partial charge in [0.2, 0.25) is 0 Å². The van der Waals surface area contributed by atoms with Gasteiger partial charge in [0, 0.05) is 17.7 Å². The predicted octanol–water partition coefficient (Wildman–Crippen LogP) is 3.76. The average Bonchev–Trinajstić information content (AvgIpc) is 2.87. The molecule has 0 spiro atoms. The molecule has 4 rings (SSSR count). The maximum atomic E-state index is 13.0. The largest absolute Gasteiger partial charge is 0.363 e. The molecule has 0 aromatic heterocycles. The fourth-order valence-corrected chi connectivity index (χ4v) is 3.60. The van der Waals surface area contributed by atoms with Crippen molar-refractivity contribution in [2.75, 3.05) is 0 Å². The fourth-order valence-electron chi connectivity index (χ4n) is 3.60. The van der Waals surface area contributed by atoms with E-state index < -0.39 is 5.72 Å². The highest BCUT2D eigenvalue weighted by atomic mass is 16.3. The molecule has 1 atom stereocenters. The molecular formula is C21H19NO2. The Morgan fingerprint density at radius 1 is 1.04 bits per heavy atom. The number of aliphatic hydroxyl groups is 1. The lowest BCUT2D eigenvalue weighted by Gasteiger charge is -2.37. The number of carbonyl (C=O) groups is 1. The molecule has 3 nitrogen and oxygen atoms in total. The summed E-state index contributed by atoms with van der Waals surface area (Å²) in [6, 6.07) is 17.2. The molecule has 0 saturated heterocycles. The number of fused-ring (bicyclic) bond motifs is 1. The van der Waals surface area contributed by atoms with Gasteiger partial charge < -0.3 is 5.11 Å². The normalized spacial score (nSPS) is 22.5. The van der Waals surface area contributed by atoms with E-state index in [4.69, 9.17) is 0 Å². The number of benzene rings is 2. The van der Waals surface area contributed by atoms with Crippen LogP contribution in [0.3, 0.4) is 0 Å². The highest BCUT2D eigenvalue weighted by Crippen LogP contribution is 2.45. The van der Waals surface area contributed by atoms with Crippen LogP contribution in [0.15, 0.2) is 78.4 Å². The van der Waals surface area contributed by atoms with Crippen molar-refractivity contribution in [1.29, 1.82) is 0 Å². The zero-order valence-electron chi connectivity index (χ0n) is 13.4. The van der Waals surface area contributed by atoms with E-state index in [1.54, 1.807) is 11.0 Å². The van der Waals surface area contributed by atoms with Crippen molar-refractivity contribution >= 4 is 5.91 Å². The standard InChI is InChI=1S/C21H19NO2/c23-20-18-13-7-8-14-19(18)21(24,17-11-5-2-6-12-17)22(20)15-16-9-3-1-4-10-16/h1-5,7-11,13-14,24H,6,12,15H2. The van der Waals surface area contributed by atoms with E-state index >= 15 is 0 Å². The van der Waals surface area contributed by atoms with E-state index in [0.717, 1.165) is 24.0 Å². The summed E-state index contributed by atoms with van der Waals surface area (Å²) in [7, 11) is 0. The summed E-state index contributed by atoms with van der Waals surface area (Å²) in [4.78, 5) is 14.6. The van der Waals surface area contributed by atoms with Crippen molar-refractivity contribution in [3.8, 4) is 0 Å². The zero-order valence-corrected chi connectivity index (χ0v) is 13.4. The van der Waals surface area contributed by atoms with E-state index in [9.17, 15) is 9.90 Å². The second kappa shape index (κ2) is 5.77. The first-order chi connectivity index (χ1) is 11.7. The number of rotatable bonds is 3. The van der Waals surface area contributed by atoms with Gasteiger partial charge in [0.15, 0.2) is 5.72 Å². The van der Waals surface area contributed by atoms with Gasteiger partial charge in [0.05, 0.1) is 0 Å². The Kier molecular flexibility index (Phi) is 3.58. The van der Waals surface area contributed by atoms with Crippen LogP contribution in [0.5, 0.6) is 0 Å². The first-order valence-electron chi connectivity index (χ1n) is 8.25. The lowest BCUT2D eigenvalue weighted by atomic mass is 9.88. The Hall–Kier alpha value is -2.65. The smallest absolute Gasteiger partial charge is 0.257 e.